The molecule has 2 aromatic heterocycles. The van der Waals surface area contributed by atoms with E-state index in [4.69, 9.17) is 39.3 Å². The lowest BCUT2D eigenvalue weighted by Gasteiger charge is -2.34. The molecule has 1 saturated heterocycles. The molecule has 13 heteroatoms. The van der Waals surface area contributed by atoms with E-state index >= 15 is 0 Å². The van der Waals surface area contributed by atoms with Crippen molar-refractivity contribution < 1.29 is 23.3 Å². The number of halogens is 4. The average Bonchev–Trinajstić information content (AvgIpc) is 3.57. The van der Waals surface area contributed by atoms with E-state index < -0.39 is 21.3 Å². The number of H-pyrrole nitrogens is 1. The molecule has 0 atom stereocenters. The molecule has 1 aliphatic heterocycles. The van der Waals surface area contributed by atoms with Gasteiger partial charge in [-0.15, -0.1) is 0 Å². The first-order valence-corrected chi connectivity index (χ1v) is 12.2. The molecule has 5 rings (SSSR count). The maximum absolute atomic E-state index is 14.9. The van der Waals surface area contributed by atoms with Crippen molar-refractivity contribution in [1.29, 1.82) is 0 Å². The standard InChI is InChI=1S/C24H17Cl3FN5O4/c25-24(26,27)23-30-20(31-37-23)14-6-7-16(28)17-15(12-29-18(14)17)19(34)22(36)33-10-8-32(9-11-33)21(35)13-4-2-1-3-5-13/h1-7,12,29H,8-11H2. The third-order valence-corrected chi connectivity index (χ3v) is 6.49. The zero-order valence-corrected chi connectivity index (χ0v) is 21.1. The van der Waals surface area contributed by atoms with Crippen LogP contribution in [0.15, 0.2) is 53.2 Å². The van der Waals surface area contributed by atoms with Crippen LogP contribution < -0.4 is 0 Å². The third kappa shape index (κ3) is 4.79. The van der Waals surface area contributed by atoms with E-state index in [-0.39, 0.29) is 65.8 Å². The molecule has 0 spiro atoms. The largest absolute Gasteiger partial charge is 0.360 e. The van der Waals surface area contributed by atoms with Crippen molar-refractivity contribution in [2.24, 2.45) is 0 Å². The highest BCUT2D eigenvalue weighted by Gasteiger charge is 2.33. The Hall–Kier alpha value is -3.47. The highest BCUT2D eigenvalue weighted by molar-refractivity contribution is 6.66. The van der Waals surface area contributed by atoms with E-state index in [0.717, 1.165) is 6.07 Å². The van der Waals surface area contributed by atoms with Gasteiger partial charge in [-0.05, 0) is 24.3 Å². The first-order valence-electron chi connectivity index (χ1n) is 11.0. The summed E-state index contributed by atoms with van der Waals surface area (Å²) in [5, 5.41) is 3.66. The lowest BCUT2D eigenvalue weighted by molar-refractivity contribution is -0.127. The van der Waals surface area contributed by atoms with E-state index in [1.165, 1.54) is 17.2 Å². The highest BCUT2D eigenvalue weighted by atomic mass is 35.6. The van der Waals surface area contributed by atoms with Gasteiger partial charge in [0.1, 0.15) is 5.82 Å². The third-order valence-electron chi connectivity index (χ3n) is 6.01. The fraction of sp³-hybridized carbons (Fsp3) is 0.208. The Labute approximate surface area is 224 Å². The van der Waals surface area contributed by atoms with Crippen molar-refractivity contribution in [3.63, 3.8) is 0 Å². The molecule has 0 radical (unpaired) electrons. The summed E-state index contributed by atoms with van der Waals surface area (Å²) < 4.78 is 17.9. The number of ketones is 1. The Morgan fingerprint density at radius 1 is 0.973 bits per heavy atom. The lowest BCUT2D eigenvalue weighted by Crippen LogP contribution is -2.52. The zero-order valence-electron chi connectivity index (χ0n) is 18.9. The molecule has 1 fully saturated rings. The van der Waals surface area contributed by atoms with Crippen LogP contribution in [0.5, 0.6) is 0 Å². The number of alkyl halides is 3. The van der Waals surface area contributed by atoms with Gasteiger partial charge in [0.05, 0.1) is 11.1 Å². The van der Waals surface area contributed by atoms with Gasteiger partial charge in [-0.1, -0.05) is 58.2 Å². The van der Waals surface area contributed by atoms with Gasteiger partial charge in [-0.3, -0.25) is 14.4 Å². The van der Waals surface area contributed by atoms with Crippen molar-refractivity contribution in [3.8, 4) is 11.4 Å². The normalized spacial score (nSPS) is 14.3. The SMILES string of the molecule is O=C(C(=O)N1CCN(C(=O)c2ccccc2)CC1)c1c[nH]c2c(-c3noc(C(Cl)(Cl)Cl)n3)ccc(F)c12. The number of carbonyl (C=O) groups is 3. The minimum atomic E-state index is -1.95. The van der Waals surface area contributed by atoms with Crippen molar-refractivity contribution in [1.82, 2.24) is 24.9 Å². The van der Waals surface area contributed by atoms with Gasteiger partial charge in [0.2, 0.25) is 5.82 Å². The lowest BCUT2D eigenvalue weighted by atomic mass is 10.0. The van der Waals surface area contributed by atoms with E-state index in [2.05, 4.69) is 15.1 Å². The zero-order chi connectivity index (χ0) is 26.3. The molecular weight excluding hydrogens is 548 g/mol. The topological polar surface area (TPSA) is 112 Å². The quantitative estimate of drug-likeness (QED) is 0.224. The smallest absolute Gasteiger partial charge is 0.295 e. The molecule has 2 amide bonds. The summed E-state index contributed by atoms with van der Waals surface area (Å²) in [6.07, 6.45) is 1.25. The number of rotatable bonds is 4. The second-order valence-corrected chi connectivity index (χ2v) is 10.5. The molecule has 0 unspecified atom stereocenters. The minimum Gasteiger partial charge on any atom is -0.360 e. The Kier molecular flexibility index (Phi) is 6.65. The first-order chi connectivity index (χ1) is 17.6. The van der Waals surface area contributed by atoms with E-state index in [9.17, 15) is 18.8 Å². The fourth-order valence-corrected chi connectivity index (χ4v) is 4.39. The van der Waals surface area contributed by atoms with Crippen LogP contribution in [0.4, 0.5) is 4.39 Å². The number of aromatic amines is 1. The summed E-state index contributed by atoms with van der Waals surface area (Å²) in [6, 6.07) is 11.3. The molecule has 190 valence electrons. The second kappa shape index (κ2) is 9.77. The number of carbonyl (C=O) groups excluding carboxylic acids is 3. The number of Topliss-reactive ketones (excluding diaryl/α,β-unsaturated/α-hetero) is 1. The van der Waals surface area contributed by atoms with Crippen LogP contribution >= 0.6 is 34.8 Å². The Morgan fingerprint density at radius 2 is 1.65 bits per heavy atom. The number of nitrogens with one attached hydrogen (secondary N) is 1. The highest BCUT2D eigenvalue weighted by Crippen LogP contribution is 2.38. The van der Waals surface area contributed by atoms with Crippen LogP contribution in [0.2, 0.25) is 0 Å². The number of piperazine rings is 1. The molecule has 0 bridgehead atoms. The molecule has 4 aromatic rings. The van der Waals surface area contributed by atoms with Gasteiger partial charge in [0.25, 0.3) is 27.3 Å². The van der Waals surface area contributed by atoms with Crippen LogP contribution in [0.25, 0.3) is 22.3 Å². The van der Waals surface area contributed by atoms with Gasteiger partial charge in [-0.25, -0.2) is 4.39 Å². The van der Waals surface area contributed by atoms with Crippen LogP contribution in [0.3, 0.4) is 0 Å². The summed E-state index contributed by atoms with van der Waals surface area (Å²) in [6.45, 7) is 0.870. The first kappa shape index (κ1) is 25.2. The number of hydrogen-bond acceptors (Lipinski definition) is 6. The summed E-state index contributed by atoms with van der Waals surface area (Å²) in [5.41, 5.74) is 0.851. The predicted molar refractivity (Wildman–Crippen MR) is 134 cm³/mol. The number of nitrogens with zero attached hydrogens (tertiary/aromatic N) is 4. The van der Waals surface area contributed by atoms with E-state index in [1.54, 1.807) is 29.2 Å². The monoisotopic (exact) mass is 563 g/mol. The van der Waals surface area contributed by atoms with Crippen molar-refractivity contribution >= 4 is 63.3 Å². The summed E-state index contributed by atoms with van der Waals surface area (Å²) in [4.78, 5) is 48.6. The Morgan fingerprint density at radius 3 is 2.30 bits per heavy atom. The Bertz CT molecular complexity index is 1510. The molecule has 37 heavy (non-hydrogen) atoms. The minimum absolute atomic E-state index is 0.00212. The molecule has 0 saturated carbocycles. The van der Waals surface area contributed by atoms with Gasteiger partial charge < -0.3 is 19.3 Å². The predicted octanol–water partition coefficient (Wildman–Crippen LogP) is 4.35. The fourth-order valence-electron chi connectivity index (χ4n) is 4.16. The van der Waals surface area contributed by atoms with Crippen LogP contribution in [-0.4, -0.2) is 68.7 Å². The summed E-state index contributed by atoms with van der Waals surface area (Å²) in [7, 11) is 0. The number of hydrogen-bond donors (Lipinski definition) is 1. The van der Waals surface area contributed by atoms with Gasteiger partial charge >= 0.3 is 0 Å². The van der Waals surface area contributed by atoms with Gasteiger partial charge in [-0.2, -0.15) is 4.98 Å². The number of aromatic nitrogens is 3. The molecule has 9 nitrogen and oxygen atoms in total. The summed E-state index contributed by atoms with van der Waals surface area (Å²) in [5.74, 6) is -2.84. The maximum atomic E-state index is 14.9. The van der Waals surface area contributed by atoms with Crippen molar-refractivity contribution in [2.75, 3.05) is 26.2 Å². The van der Waals surface area contributed by atoms with Gasteiger partial charge in [0, 0.05) is 48.9 Å². The average molecular weight is 565 g/mol. The van der Waals surface area contributed by atoms with Gasteiger partial charge in [0.15, 0.2) is 0 Å². The van der Waals surface area contributed by atoms with E-state index in [0.29, 0.717) is 5.56 Å². The molecular formula is C24H17Cl3FN5O4. The van der Waals surface area contributed by atoms with Crippen molar-refractivity contribution in [2.45, 2.75) is 3.79 Å². The van der Waals surface area contributed by atoms with Crippen LogP contribution in [0.1, 0.15) is 26.6 Å². The van der Waals surface area contributed by atoms with Crippen LogP contribution in [-0.2, 0) is 8.59 Å². The summed E-state index contributed by atoms with van der Waals surface area (Å²) >= 11 is 17.3. The molecule has 2 aromatic carbocycles. The van der Waals surface area contributed by atoms with Crippen molar-refractivity contribution in [3.05, 3.63) is 71.5 Å². The maximum Gasteiger partial charge on any atom is 0.295 e. The Balaban J connectivity index is 1.36. The number of amides is 2. The molecule has 1 N–H and O–H groups in total. The molecule has 3 heterocycles. The molecule has 0 aliphatic carbocycles. The second-order valence-electron chi connectivity index (χ2n) is 8.25. The molecule has 1 aliphatic rings. The number of benzene rings is 2. The van der Waals surface area contributed by atoms with Crippen LogP contribution in [0, 0.1) is 5.82 Å². The number of fused-ring (bicyclic) bond motifs is 1. The van der Waals surface area contributed by atoms with E-state index in [1.807, 2.05) is 6.07 Å².